The van der Waals surface area contributed by atoms with Crippen LogP contribution in [0.2, 0.25) is 13.1 Å². The Morgan fingerprint density at radius 3 is 2.72 bits per heavy atom. The van der Waals surface area contributed by atoms with Crippen LogP contribution in [0.3, 0.4) is 0 Å². The first-order valence-electron chi connectivity index (χ1n) is 6.03. The van der Waals surface area contributed by atoms with Crippen molar-refractivity contribution in [3.05, 3.63) is 36.0 Å². The SMILES string of the molecule is Cc1cnc2c(c1)[Si](C)(C)c1cccc([O][Al])c1-2. The fourth-order valence-corrected chi connectivity index (χ4v) is 6.02. The molecule has 0 saturated carbocycles. The average Bonchev–Trinajstić information content (AvgIpc) is 2.59. The van der Waals surface area contributed by atoms with E-state index in [1.165, 1.54) is 21.5 Å². The van der Waals surface area contributed by atoms with Crippen molar-refractivity contribution in [2.75, 3.05) is 0 Å². The molecule has 2 nitrogen and oxygen atoms in total. The predicted octanol–water partition coefficient (Wildman–Crippen LogP) is 1.66. The Morgan fingerprint density at radius 2 is 2.00 bits per heavy atom. The Morgan fingerprint density at radius 1 is 1.22 bits per heavy atom. The van der Waals surface area contributed by atoms with Crippen LogP contribution in [-0.2, 0) is 0 Å². The molecule has 2 radical (unpaired) electrons. The number of fused-ring (bicyclic) bond motifs is 3. The van der Waals surface area contributed by atoms with E-state index < -0.39 is 8.07 Å². The van der Waals surface area contributed by atoms with Crippen LogP contribution in [0.1, 0.15) is 5.56 Å². The van der Waals surface area contributed by atoms with Crippen molar-refractivity contribution < 1.29 is 3.79 Å². The Kier molecular flexibility index (Phi) is 2.63. The van der Waals surface area contributed by atoms with Gasteiger partial charge in [-0.3, -0.25) is 4.98 Å². The molecule has 3 rings (SSSR count). The molecule has 1 aromatic heterocycles. The van der Waals surface area contributed by atoms with Gasteiger partial charge in [0.1, 0.15) is 8.07 Å². The molecule has 1 aliphatic rings. The monoisotopic (exact) mass is 267 g/mol. The largest absolute Gasteiger partial charge is 0.653 e. The minimum absolute atomic E-state index is 0.910. The van der Waals surface area contributed by atoms with Crippen molar-refractivity contribution in [2.45, 2.75) is 20.0 Å². The highest BCUT2D eigenvalue weighted by atomic mass is 28.3. The van der Waals surface area contributed by atoms with Crippen molar-refractivity contribution >= 4 is 35.1 Å². The van der Waals surface area contributed by atoms with Gasteiger partial charge in [0.15, 0.2) is 0 Å². The summed E-state index contributed by atoms with van der Waals surface area (Å²) in [5.74, 6) is 0.910. The number of pyridine rings is 1. The van der Waals surface area contributed by atoms with Crippen LogP contribution in [0.15, 0.2) is 30.5 Å². The summed E-state index contributed by atoms with van der Waals surface area (Å²) < 4.78 is 5.44. The molecule has 88 valence electrons. The second kappa shape index (κ2) is 3.96. The smallest absolute Gasteiger partial charge is 0.482 e. The van der Waals surface area contributed by atoms with Gasteiger partial charge in [-0.15, -0.1) is 0 Å². The first-order chi connectivity index (χ1) is 8.55. The van der Waals surface area contributed by atoms with Gasteiger partial charge in [0.25, 0.3) is 0 Å². The summed E-state index contributed by atoms with van der Waals surface area (Å²) in [5, 5.41) is 2.85. The summed E-state index contributed by atoms with van der Waals surface area (Å²) in [4.78, 5) is 4.65. The second-order valence-corrected chi connectivity index (χ2v) is 9.89. The number of hydrogen-bond donors (Lipinski definition) is 0. The van der Waals surface area contributed by atoms with Crippen LogP contribution in [0.5, 0.6) is 5.75 Å². The van der Waals surface area contributed by atoms with E-state index in [0.29, 0.717) is 0 Å². The number of nitrogens with zero attached hydrogens (tertiary/aromatic N) is 1. The quantitative estimate of drug-likeness (QED) is 0.733. The lowest BCUT2D eigenvalue weighted by Crippen LogP contribution is -2.49. The van der Waals surface area contributed by atoms with E-state index in [1.54, 1.807) is 0 Å². The lowest BCUT2D eigenvalue weighted by molar-refractivity contribution is 0.619. The third-order valence-corrected chi connectivity index (χ3v) is 7.51. The first-order valence-corrected chi connectivity index (χ1v) is 9.50. The molecule has 18 heavy (non-hydrogen) atoms. The van der Waals surface area contributed by atoms with Crippen molar-refractivity contribution in [1.29, 1.82) is 0 Å². The maximum Gasteiger partial charge on any atom is 0.482 e. The summed E-state index contributed by atoms with van der Waals surface area (Å²) >= 11 is 2.34. The molecular formula is C14H14AlNOSi. The average molecular weight is 267 g/mol. The summed E-state index contributed by atoms with van der Waals surface area (Å²) in [6, 6.07) is 8.60. The summed E-state index contributed by atoms with van der Waals surface area (Å²) in [7, 11) is -1.61. The van der Waals surface area contributed by atoms with Crippen molar-refractivity contribution in [3.8, 4) is 17.0 Å². The maximum absolute atomic E-state index is 5.44. The Hall–Kier alpha value is -1.08. The Labute approximate surface area is 117 Å². The van der Waals surface area contributed by atoms with E-state index in [0.717, 1.165) is 11.4 Å². The molecule has 0 fully saturated rings. The predicted molar refractivity (Wildman–Crippen MR) is 77.5 cm³/mol. The highest BCUT2D eigenvalue weighted by Gasteiger charge is 2.39. The zero-order valence-corrected chi connectivity index (χ0v) is 13.0. The van der Waals surface area contributed by atoms with Crippen molar-refractivity contribution in [2.24, 2.45) is 0 Å². The lowest BCUT2D eigenvalue weighted by atomic mass is 10.1. The summed E-state index contributed by atoms with van der Waals surface area (Å²) in [6.07, 6.45) is 1.94. The third kappa shape index (κ3) is 1.50. The molecule has 0 unspecified atom stereocenters. The normalized spacial score (nSPS) is 15.1. The molecule has 0 N–H and O–H groups in total. The molecule has 2 aromatic rings. The summed E-state index contributed by atoms with van der Waals surface area (Å²) in [5.41, 5.74) is 3.54. The second-order valence-electron chi connectivity index (χ2n) is 5.33. The van der Waals surface area contributed by atoms with Crippen molar-refractivity contribution in [3.63, 3.8) is 0 Å². The van der Waals surface area contributed by atoms with Gasteiger partial charge in [-0.1, -0.05) is 31.3 Å². The molecular weight excluding hydrogens is 253 g/mol. The molecule has 0 aliphatic carbocycles. The van der Waals surface area contributed by atoms with Crippen LogP contribution in [0.4, 0.5) is 0 Å². The fourth-order valence-electron chi connectivity index (χ4n) is 2.78. The molecule has 1 aliphatic heterocycles. The number of rotatable bonds is 1. The zero-order chi connectivity index (χ0) is 12.9. The molecule has 0 saturated heterocycles. The number of aryl methyl sites for hydroxylation is 1. The van der Waals surface area contributed by atoms with Crippen LogP contribution < -0.4 is 14.2 Å². The van der Waals surface area contributed by atoms with E-state index in [-0.39, 0.29) is 0 Å². The van der Waals surface area contributed by atoms with Gasteiger partial charge in [0, 0.05) is 11.8 Å². The number of hydrogen-bond acceptors (Lipinski definition) is 2. The van der Waals surface area contributed by atoms with E-state index in [4.69, 9.17) is 3.79 Å². The van der Waals surface area contributed by atoms with Crippen LogP contribution in [0, 0.1) is 6.92 Å². The molecule has 2 heterocycles. The molecule has 0 spiro atoms. The number of benzene rings is 1. The zero-order valence-electron chi connectivity index (χ0n) is 10.8. The molecule has 0 amide bonds. The van der Waals surface area contributed by atoms with Crippen LogP contribution in [0.25, 0.3) is 11.3 Å². The minimum Gasteiger partial charge on any atom is -0.653 e. The van der Waals surface area contributed by atoms with E-state index in [1.807, 2.05) is 12.3 Å². The van der Waals surface area contributed by atoms with E-state index in [2.05, 4.69) is 59.8 Å². The van der Waals surface area contributed by atoms with Gasteiger partial charge < -0.3 is 3.79 Å². The topological polar surface area (TPSA) is 22.1 Å². The van der Waals surface area contributed by atoms with Gasteiger partial charge in [-0.2, -0.15) is 0 Å². The Balaban J connectivity index is 2.40. The van der Waals surface area contributed by atoms with Crippen LogP contribution >= 0.6 is 0 Å². The summed E-state index contributed by atoms with van der Waals surface area (Å²) in [6.45, 7) is 6.87. The van der Waals surface area contributed by atoms with E-state index in [9.17, 15) is 0 Å². The van der Waals surface area contributed by atoms with Gasteiger partial charge in [-0.05, 0) is 28.9 Å². The van der Waals surface area contributed by atoms with Gasteiger partial charge in [-0.25, -0.2) is 0 Å². The first kappa shape index (κ1) is 12.0. The number of aromatic nitrogens is 1. The van der Waals surface area contributed by atoms with E-state index >= 15 is 0 Å². The fraction of sp³-hybridized carbons (Fsp3) is 0.214. The van der Waals surface area contributed by atoms with Crippen LogP contribution in [-0.4, -0.2) is 29.7 Å². The molecule has 0 atom stereocenters. The van der Waals surface area contributed by atoms with Gasteiger partial charge in [0.2, 0.25) is 0 Å². The molecule has 0 bridgehead atoms. The molecule has 1 aromatic carbocycles. The Bertz CT molecular complexity index is 636. The lowest BCUT2D eigenvalue weighted by Gasteiger charge is -2.18. The third-order valence-electron chi connectivity index (χ3n) is 3.76. The minimum atomic E-state index is -1.61. The van der Waals surface area contributed by atoms with Gasteiger partial charge in [0.05, 0.1) is 11.4 Å². The maximum atomic E-state index is 5.44. The highest BCUT2D eigenvalue weighted by Crippen LogP contribution is 2.33. The highest BCUT2D eigenvalue weighted by molar-refractivity contribution is 7.03. The molecule has 4 heteroatoms. The van der Waals surface area contributed by atoms with Crippen molar-refractivity contribution in [1.82, 2.24) is 4.98 Å². The standard InChI is InChI=1S/C14H15NOSi.Al/c1-9-7-12-14(15-8-9)13-10(16)5-4-6-11(13)17(12,2)3;/h4-8,16H,1-3H3;/q;+1/p-1. The van der Waals surface area contributed by atoms with Gasteiger partial charge >= 0.3 is 16.6 Å².